The smallest absolute Gasteiger partial charge is 0.357 e. The monoisotopic (exact) mass is 208 g/mol. The number of nitrogens with zero attached hydrogens (tertiary/aromatic N) is 4. The van der Waals surface area contributed by atoms with Gasteiger partial charge >= 0.3 is 5.97 Å². The molecule has 2 aromatic heterocycles. The van der Waals surface area contributed by atoms with Crippen molar-refractivity contribution in [2.45, 2.75) is 6.92 Å². The highest BCUT2D eigenvalue weighted by Crippen LogP contribution is 2.11. The van der Waals surface area contributed by atoms with Crippen LogP contribution in [0, 0.1) is 0 Å². The van der Waals surface area contributed by atoms with Crippen molar-refractivity contribution in [3.05, 3.63) is 18.1 Å². The number of aromatic hydroxyl groups is 1. The molecular formula is C8H8N4O3. The van der Waals surface area contributed by atoms with Gasteiger partial charge in [0.15, 0.2) is 5.69 Å². The van der Waals surface area contributed by atoms with Crippen molar-refractivity contribution in [1.29, 1.82) is 0 Å². The van der Waals surface area contributed by atoms with E-state index in [0.29, 0.717) is 0 Å². The second-order valence-corrected chi connectivity index (χ2v) is 2.69. The van der Waals surface area contributed by atoms with Gasteiger partial charge in [-0.1, -0.05) is 0 Å². The molecule has 78 valence electrons. The highest BCUT2D eigenvalue weighted by atomic mass is 16.5. The molecule has 0 amide bonds. The summed E-state index contributed by atoms with van der Waals surface area (Å²) < 4.78 is 5.85. The van der Waals surface area contributed by atoms with Crippen LogP contribution < -0.4 is 0 Å². The molecule has 0 aliphatic rings. The average molecular weight is 208 g/mol. The predicted molar refractivity (Wildman–Crippen MR) is 48.4 cm³/mol. The lowest BCUT2D eigenvalue weighted by molar-refractivity contribution is 0.0519. The molecule has 0 aromatic carbocycles. The number of hydrogen-bond acceptors (Lipinski definition) is 6. The molecule has 0 radical (unpaired) electrons. The Morgan fingerprint density at radius 1 is 1.67 bits per heavy atom. The average Bonchev–Trinajstić information content (AvgIpc) is 2.66. The highest BCUT2D eigenvalue weighted by molar-refractivity contribution is 5.87. The summed E-state index contributed by atoms with van der Waals surface area (Å²) in [6.07, 6.45) is 1.23. The summed E-state index contributed by atoms with van der Waals surface area (Å²) in [5.74, 6) is -0.656. The fourth-order valence-corrected chi connectivity index (χ4v) is 1.11. The summed E-state index contributed by atoms with van der Waals surface area (Å²) in [6.45, 7) is 1.94. The summed E-state index contributed by atoms with van der Waals surface area (Å²) in [5.41, 5.74) is 0.00912. The number of carbonyl (C=O) groups is 1. The quantitative estimate of drug-likeness (QED) is 0.699. The Kier molecular flexibility index (Phi) is 2.20. The van der Waals surface area contributed by atoms with E-state index < -0.39 is 5.97 Å². The lowest BCUT2D eigenvalue weighted by atomic mass is 10.4. The minimum Gasteiger partial charge on any atom is -0.493 e. The van der Waals surface area contributed by atoms with E-state index in [0.717, 1.165) is 4.52 Å². The first-order valence-corrected chi connectivity index (χ1v) is 4.29. The third-order valence-electron chi connectivity index (χ3n) is 1.72. The summed E-state index contributed by atoms with van der Waals surface area (Å²) in [5, 5.41) is 13.2. The van der Waals surface area contributed by atoms with Crippen LogP contribution in [0.4, 0.5) is 0 Å². The van der Waals surface area contributed by atoms with Gasteiger partial charge in [0.1, 0.15) is 6.33 Å². The van der Waals surface area contributed by atoms with Crippen molar-refractivity contribution >= 4 is 11.7 Å². The van der Waals surface area contributed by atoms with Crippen LogP contribution in [-0.4, -0.2) is 37.3 Å². The van der Waals surface area contributed by atoms with Crippen LogP contribution in [0.5, 0.6) is 5.88 Å². The molecule has 0 unspecified atom stereocenters. The van der Waals surface area contributed by atoms with Crippen molar-refractivity contribution < 1.29 is 14.6 Å². The third-order valence-corrected chi connectivity index (χ3v) is 1.72. The van der Waals surface area contributed by atoms with Crippen LogP contribution in [0.2, 0.25) is 0 Å². The lowest BCUT2D eigenvalue weighted by Gasteiger charge is -2.01. The summed E-state index contributed by atoms with van der Waals surface area (Å²) >= 11 is 0. The Balaban J connectivity index is 2.49. The Morgan fingerprint density at radius 2 is 2.47 bits per heavy atom. The van der Waals surface area contributed by atoms with Crippen LogP contribution >= 0.6 is 0 Å². The van der Waals surface area contributed by atoms with Gasteiger partial charge in [-0.25, -0.2) is 9.78 Å². The molecule has 0 saturated carbocycles. The standard InChI is InChI=1S/C8H8N4O3/c1-2-15-7(14)5-3-6(13)12-8(11-5)9-4-10-12/h3-4,13H,2H2,1H3. The van der Waals surface area contributed by atoms with Gasteiger partial charge in [0.25, 0.3) is 5.78 Å². The molecule has 2 heterocycles. The van der Waals surface area contributed by atoms with Crippen LogP contribution in [0.1, 0.15) is 17.4 Å². The summed E-state index contributed by atoms with van der Waals surface area (Å²) in [4.78, 5) is 18.9. The number of hydrogen-bond donors (Lipinski definition) is 1. The molecule has 0 spiro atoms. The van der Waals surface area contributed by atoms with Gasteiger partial charge in [0.05, 0.1) is 6.61 Å². The second kappa shape index (κ2) is 3.52. The van der Waals surface area contributed by atoms with Crippen LogP contribution in [0.3, 0.4) is 0 Å². The molecule has 1 N–H and O–H groups in total. The zero-order valence-corrected chi connectivity index (χ0v) is 7.91. The first kappa shape index (κ1) is 9.38. The van der Waals surface area contributed by atoms with Crippen LogP contribution in [0.15, 0.2) is 12.4 Å². The van der Waals surface area contributed by atoms with E-state index >= 15 is 0 Å². The topological polar surface area (TPSA) is 89.6 Å². The number of aromatic nitrogens is 4. The van der Waals surface area contributed by atoms with E-state index in [9.17, 15) is 9.90 Å². The van der Waals surface area contributed by atoms with E-state index in [2.05, 4.69) is 15.1 Å². The van der Waals surface area contributed by atoms with Gasteiger partial charge in [-0.2, -0.15) is 14.6 Å². The van der Waals surface area contributed by atoms with Crippen molar-refractivity contribution in [1.82, 2.24) is 19.6 Å². The highest BCUT2D eigenvalue weighted by Gasteiger charge is 2.13. The molecule has 7 nitrogen and oxygen atoms in total. The Morgan fingerprint density at radius 3 is 3.20 bits per heavy atom. The van der Waals surface area contributed by atoms with Gasteiger partial charge < -0.3 is 9.84 Å². The SMILES string of the molecule is CCOC(=O)c1cc(O)n2ncnc2n1. The van der Waals surface area contributed by atoms with Gasteiger partial charge in [0, 0.05) is 6.07 Å². The van der Waals surface area contributed by atoms with E-state index in [-0.39, 0.29) is 24.0 Å². The first-order chi connectivity index (χ1) is 7.22. The Labute approximate surface area is 84.3 Å². The van der Waals surface area contributed by atoms with Gasteiger partial charge in [-0.15, -0.1) is 0 Å². The zero-order chi connectivity index (χ0) is 10.8. The fraction of sp³-hybridized carbons (Fsp3) is 0.250. The normalized spacial score (nSPS) is 10.5. The molecule has 0 bridgehead atoms. The zero-order valence-electron chi connectivity index (χ0n) is 7.91. The molecule has 0 saturated heterocycles. The Hall–Kier alpha value is -2.18. The van der Waals surface area contributed by atoms with Gasteiger partial charge in [0.2, 0.25) is 5.88 Å². The molecule has 0 atom stereocenters. The molecule has 0 fully saturated rings. The van der Waals surface area contributed by atoms with E-state index in [1.807, 2.05) is 0 Å². The second-order valence-electron chi connectivity index (χ2n) is 2.69. The Bertz CT molecular complexity index is 508. The number of carbonyl (C=O) groups excluding carboxylic acids is 1. The van der Waals surface area contributed by atoms with E-state index in [4.69, 9.17) is 4.74 Å². The maximum atomic E-state index is 11.3. The maximum absolute atomic E-state index is 11.3. The third kappa shape index (κ3) is 1.58. The van der Waals surface area contributed by atoms with Crippen molar-refractivity contribution in [2.75, 3.05) is 6.61 Å². The molecule has 0 aliphatic carbocycles. The number of ether oxygens (including phenoxy) is 1. The van der Waals surface area contributed by atoms with E-state index in [1.165, 1.54) is 12.4 Å². The fourth-order valence-electron chi connectivity index (χ4n) is 1.11. The van der Waals surface area contributed by atoms with Crippen molar-refractivity contribution in [2.24, 2.45) is 0 Å². The minimum absolute atomic E-state index is 0.00912. The molecular weight excluding hydrogens is 200 g/mol. The van der Waals surface area contributed by atoms with E-state index in [1.54, 1.807) is 6.92 Å². The molecule has 0 aliphatic heterocycles. The van der Waals surface area contributed by atoms with Gasteiger partial charge in [-0.05, 0) is 6.92 Å². The number of rotatable bonds is 2. The predicted octanol–water partition coefficient (Wildman–Crippen LogP) is 0.00660. The summed E-state index contributed by atoms with van der Waals surface area (Å²) in [6, 6.07) is 1.18. The summed E-state index contributed by atoms with van der Waals surface area (Å²) in [7, 11) is 0. The van der Waals surface area contributed by atoms with Gasteiger partial charge in [-0.3, -0.25) is 0 Å². The molecule has 7 heteroatoms. The van der Waals surface area contributed by atoms with Crippen LogP contribution in [-0.2, 0) is 4.74 Å². The largest absolute Gasteiger partial charge is 0.493 e. The number of esters is 1. The van der Waals surface area contributed by atoms with Crippen LogP contribution in [0.25, 0.3) is 5.78 Å². The first-order valence-electron chi connectivity index (χ1n) is 4.29. The molecule has 2 aromatic rings. The molecule has 2 rings (SSSR count). The maximum Gasteiger partial charge on any atom is 0.357 e. The van der Waals surface area contributed by atoms with Crippen molar-refractivity contribution in [3.8, 4) is 5.88 Å². The minimum atomic E-state index is -0.599. The molecule has 15 heavy (non-hydrogen) atoms. The van der Waals surface area contributed by atoms with Crippen molar-refractivity contribution in [3.63, 3.8) is 0 Å². The lowest BCUT2D eigenvalue weighted by Crippen LogP contribution is -2.08. The number of fused-ring (bicyclic) bond motifs is 1.